The molecule has 22 heavy (non-hydrogen) atoms. The first kappa shape index (κ1) is 15.0. The van der Waals surface area contributed by atoms with E-state index in [4.69, 9.17) is 4.74 Å². The maximum absolute atomic E-state index is 13.7. The molecule has 1 saturated heterocycles. The number of fused-ring (bicyclic) bond motifs is 1. The van der Waals surface area contributed by atoms with E-state index >= 15 is 0 Å². The number of aromatic nitrogens is 4. The van der Waals surface area contributed by atoms with E-state index in [9.17, 15) is 4.39 Å². The van der Waals surface area contributed by atoms with Crippen LogP contribution in [-0.4, -0.2) is 59.0 Å². The standard InChI is InChI=1S/C14H21FN6O/c1-9(15)10(2)21-8-17-11-12(20-6-4-16-5-7-20)18-14(22-3)19-13(11)21/h8-10,16H,4-7H2,1-3H3/t9-,10+/m0/s1. The predicted octanol–water partition coefficient (Wildman–Crippen LogP) is 1.16. The Balaban J connectivity index is 2.11. The number of nitrogens with zero attached hydrogens (tertiary/aromatic N) is 5. The van der Waals surface area contributed by atoms with E-state index in [0.29, 0.717) is 11.2 Å². The first-order valence-electron chi connectivity index (χ1n) is 7.50. The van der Waals surface area contributed by atoms with Crippen LogP contribution in [0.2, 0.25) is 0 Å². The van der Waals surface area contributed by atoms with E-state index in [1.54, 1.807) is 10.9 Å². The minimum absolute atomic E-state index is 0.279. The molecule has 3 rings (SSSR count). The van der Waals surface area contributed by atoms with Crippen LogP contribution in [0.15, 0.2) is 6.33 Å². The number of rotatable bonds is 4. The number of hydrogen-bond donors (Lipinski definition) is 1. The van der Waals surface area contributed by atoms with Gasteiger partial charge in [-0.3, -0.25) is 0 Å². The SMILES string of the molecule is COc1nc(N2CCNCC2)c2ncn([C@H](C)[C@H](C)F)c2n1. The maximum Gasteiger partial charge on any atom is 0.320 e. The Morgan fingerprint density at radius 2 is 2.00 bits per heavy atom. The van der Waals surface area contributed by atoms with Crippen LogP contribution in [0.5, 0.6) is 6.01 Å². The van der Waals surface area contributed by atoms with E-state index in [1.165, 1.54) is 14.0 Å². The number of ether oxygens (including phenoxy) is 1. The number of halogens is 1. The topological polar surface area (TPSA) is 68.1 Å². The Morgan fingerprint density at radius 3 is 2.64 bits per heavy atom. The fourth-order valence-electron chi connectivity index (χ4n) is 2.59. The first-order valence-corrected chi connectivity index (χ1v) is 7.50. The normalized spacial score (nSPS) is 18.5. The highest BCUT2D eigenvalue weighted by Gasteiger charge is 2.23. The van der Waals surface area contributed by atoms with Gasteiger partial charge in [-0.15, -0.1) is 0 Å². The van der Waals surface area contributed by atoms with Crippen molar-refractivity contribution in [2.24, 2.45) is 0 Å². The molecular weight excluding hydrogens is 287 g/mol. The van der Waals surface area contributed by atoms with Crippen LogP contribution in [0.25, 0.3) is 11.2 Å². The van der Waals surface area contributed by atoms with Crippen LogP contribution in [-0.2, 0) is 0 Å². The van der Waals surface area contributed by atoms with E-state index in [-0.39, 0.29) is 12.1 Å². The number of hydrogen-bond acceptors (Lipinski definition) is 6. The van der Waals surface area contributed by atoms with Gasteiger partial charge in [-0.05, 0) is 13.8 Å². The average Bonchev–Trinajstić information content (AvgIpc) is 2.97. The van der Waals surface area contributed by atoms with Gasteiger partial charge in [-0.25, -0.2) is 9.37 Å². The Hall–Kier alpha value is -1.96. The van der Waals surface area contributed by atoms with Crippen LogP contribution in [0, 0.1) is 0 Å². The van der Waals surface area contributed by atoms with Gasteiger partial charge in [0.1, 0.15) is 6.17 Å². The van der Waals surface area contributed by atoms with Crippen molar-refractivity contribution >= 4 is 17.0 Å². The smallest absolute Gasteiger partial charge is 0.320 e. The number of nitrogens with one attached hydrogen (secondary N) is 1. The van der Waals surface area contributed by atoms with Crippen LogP contribution in [0.4, 0.5) is 10.2 Å². The third-order valence-electron chi connectivity index (χ3n) is 4.09. The fraction of sp³-hybridized carbons (Fsp3) is 0.643. The summed E-state index contributed by atoms with van der Waals surface area (Å²) in [5.41, 5.74) is 1.30. The summed E-state index contributed by atoms with van der Waals surface area (Å²) in [7, 11) is 1.53. The molecule has 1 aliphatic heterocycles. The maximum atomic E-state index is 13.7. The van der Waals surface area contributed by atoms with E-state index in [1.807, 2.05) is 6.92 Å². The molecular formula is C14H21FN6O. The molecule has 0 saturated carbocycles. The van der Waals surface area contributed by atoms with Gasteiger partial charge < -0.3 is 19.5 Å². The van der Waals surface area contributed by atoms with Crippen LogP contribution < -0.4 is 15.0 Å². The largest absolute Gasteiger partial charge is 0.467 e. The molecule has 0 aliphatic carbocycles. The monoisotopic (exact) mass is 308 g/mol. The second-order valence-electron chi connectivity index (χ2n) is 5.51. The quantitative estimate of drug-likeness (QED) is 0.914. The van der Waals surface area contributed by atoms with Gasteiger partial charge >= 0.3 is 6.01 Å². The van der Waals surface area contributed by atoms with Gasteiger partial charge in [-0.1, -0.05) is 0 Å². The van der Waals surface area contributed by atoms with Crippen LogP contribution in [0.3, 0.4) is 0 Å². The molecule has 0 amide bonds. The third-order valence-corrected chi connectivity index (χ3v) is 4.09. The van der Waals surface area contributed by atoms with Crippen LogP contribution >= 0.6 is 0 Å². The molecule has 1 N–H and O–H groups in total. The van der Waals surface area contributed by atoms with Crippen molar-refractivity contribution in [3.05, 3.63) is 6.33 Å². The minimum atomic E-state index is -0.999. The third kappa shape index (κ3) is 2.58. The molecule has 7 nitrogen and oxygen atoms in total. The second kappa shape index (κ2) is 6.04. The molecule has 8 heteroatoms. The summed E-state index contributed by atoms with van der Waals surface area (Å²) < 4.78 is 20.6. The lowest BCUT2D eigenvalue weighted by Crippen LogP contribution is -2.44. The summed E-state index contributed by atoms with van der Waals surface area (Å²) in [5.74, 6) is 0.751. The van der Waals surface area contributed by atoms with Gasteiger partial charge in [0.2, 0.25) is 0 Å². The van der Waals surface area contributed by atoms with Gasteiger partial charge in [0.25, 0.3) is 0 Å². The van der Waals surface area contributed by atoms with Crippen molar-refractivity contribution in [1.29, 1.82) is 0 Å². The van der Waals surface area contributed by atoms with Crippen molar-refractivity contribution in [2.75, 3.05) is 38.2 Å². The van der Waals surface area contributed by atoms with Crippen molar-refractivity contribution in [3.8, 4) is 6.01 Å². The number of imidazole rings is 1. The number of methoxy groups -OCH3 is 1. The molecule has 2 atom stereocenters. The average molecular weight is 308 g/mol. The molecule has 2 aromatic rings. The lowest BCUT2D eigenvalue weighted by molar-refractivity contribution is 0.267. The highest BCUT2D eigenvalue weighted by atomic mass is 19.1. The number of piperazine rings is 1. The number of alkyl halides is 1. The minimum Gasteiger partial charge on any atom is -0.467 e. The molecule has 0 bridgehead atoms. The molecule has 0 unspecified atom stereocenters. The zero-order chi connectivity index (χ0) is 15.7. The van der Waals surface area contributed by atoms with Crippen molar-refractivity contribution in [2.45, 2.75) is 26.1 Å². The fourth-order valence-corrected chi connectivity index (χ4v) is 2.59. The van der Waals surface area contributed by atoms with Gasteiger partial charge in [0, 0.05) is 26.2 Å². The van der Waals surface area contributed by atoms with Gasteiger partial charge in [0.05, 0.1) is 19.5 Å². The Morgan fingerprint density at radius 1 is 1.27 bits per heavy atom. The highest BCUT2D eigenvalue weighted by Crippen LogP contribution is 2.28. The molecule has 1 aliphatic rings. The highest BCUT2D eigenvalue weighted by molar-refractivity contribution is 5.84. The number of anilines is 1. The van der Waals surface area contributed by atoms with E-state index < -0.39 is 6.17 Å². The predicted molar refractivity (Wildman–Crippen MR) is 82.2 cm³/mol. The summed E-state index contributed by atoms with van der Waals surface area (Å²) in [6.07, 6.45) is 0.631. The lowest BCUT2D eigenvalue weighted by Gasteiger charge is -2.28. The Kier molecular flexibility index (Phi) is 4.10. The zero-order valence-electron chi connectivity index (χ0n) is 13.1. The molecule has 1 fully saturated rings. The van der Waals surface area contributed by atoms with E-state index in [2.05, 4.69) is 25.2 Å². The Labute approximate surface area is 128 Å². The van der Waals surface area contributed by atoms with Crippen molar-refractivity contribution in [1.82, 2.24) is 24.8 Å². The van der Waals surface area contributed by atoms with Gasteiger partial charge in [0.15, 0.2) is 17.0 Å². The van der Waals surface area contributed by atoms with Gasteiger partial charge in [-0.2, -0.15) is 9.97 Å². The second-order valence-corrected chi connectivity index (χ2v) is 5.51. The molecule has 120 valence electrons. The van der Waals surface area contributed by atoms with Crippen molar-refractivity contribution < 1.29 is 9.13 Å². The lowest BCUT2D eigenvalue weighted by atomic mass is 10.2. The summed E-state index contributed by atoms with van der Waals surface area (Å²) in [4.78, 5) is 15.4. The van der Waals surface area contributed by atoms with E-state index in [0.717, 1.165) is 32.0 Å². The molecule has 0 aromatic carbocycles. The van der Waals surface area contributed by atoms with Crippen molar-refractivity contribution in [3.63, 3.8) is 0 Å². The summed E-state index contributed by atoms with van der Waals surface area (Å²) >= 11 is 0. The summed E-state index contributed by atoms with van der Waals surface area (Å²) in [5, 5.41) is 3.31. The summed E-state index contributed by atoms with van der Waals surface area (Å²) in [6, 6.07) is -0.0676. The molecule has 0 radical (unpaired) electrons. The van der Waals surface area contributed by atoms with Crippen LogP contribution in [0.1, 0.15) is 19.9 Å². The zero-order valence-corrected chi connectivity index (χ0v) is 13.1. The Bertz CT molecular complexity index is 652. The molecule has 0 spiro atoms. The molecule has 3 heterocycles. The summed E-state index contributed by atoms with van der Waals surface area (Å²) in [6.45, 7) is 6.82. The molecule has 2 aromatic heterocycles. The first-order chi connectivity index (χ1) is 10.6.